The van der Waals surface area contributed by atoms with Gasteiger partial charge in [-0.15, -0.1) is 0 Å². The van der Waals surface area contributed by atoms with E-state index in [-0.39, 0.29) is 18.2 Å². The second-order valence-electron chi connectivity index (χ2n) is 6.38. The van der Waals surface area contributed by atoms with E-state index in [0.717, 1.165) is 12.1 Å². The average molecular weight is 379 g/mol. The summed E-state index contributed by atoms with van der Waals surface area (Å²) < 4.78 is 10.5. The summed E-state index contributed by atoms with van der Waals surface area (Å²) in [6, 6.07) is 7.47. The number of rotatable bonds is 4. The SMILES string of the molecule is CCOC(=O)N1CCN(C(C)c2noc(-c3cccc(Cl)c3)n2)[C@@H](C)C1. The Bertz CT molecular complexity index is 766. The number of halogens is 1. The summed E-state index contributed by atoms with van der Waals surface area (Å²) in [7, 11) is 0. The first-order valence-electron chi connectivity index (χ1n) is 8.76. The van der Waals surface area contributed by atoms with Crippen LogP contribution in [0.4, 0.5) is 4.79 Å². The van der Waals surface area contributed by atoms with Crippen molar-refractivity contribution in [1.82, 2.24) is 19.9 Å². The zero-order valence-electron chi connectivity index (χ0n) is 15.2. The number of ether oxygens (including phenoxy) is 1. The minimum atomic E-state index is -0.255. The van der Waals surface area contributed by atoms with Gasteiger partial charge in [-0.3, -0.25) is 4.90 Å². The lowest BCUT2D eigenvalue weighted by atomic mass is 10.1. The summed E-state index contributed by atoms with van der Waals surface area (Å²) in [5.74, 6) is 1.07. The Kier molecular flexibility index (Phi) is 5.78. The lowest BCUT2D eigenvalue weighted by molar-refractivity contribution is 0.0382. The number of nitrogens with zero attached hydrogens (tertiary/aromatic N) is 4. The second kappa shape index (κ2) is 8.05. The topological polar surface area (TPSA) is 71.7 Å². The molecule has 0 spiro atoms. The highest BCUT2D eigenvalue weighted by Gasteiger charge is 2.32. The number of amides is 1. The summed E-state index contributed by atoms with van der Waals surface area (Å²) in [6.07, 6.45) is -0.255. The normalized spacial score (nSPS) is 19.4. The smallest absolute Gasteiger partial charge is 0.409 e. The van der Waals surface area contributed by atoms with Gasteiger partial charge >= 0.3 is 6.09 Å². The van der Waals surface area contributed by atoms with Gasteiger partial charge in [0.2, 0.25) is 0 Å². The molecule has 1 aromatic heterocycles. The molecular formula is C18H23ClN4O3. The van der Waals surface area contributed by atoms with E-state index >= 15 is 0 Å². The van der Waals surface area contributed by atoms with Gasteiger partial charge in [-0.25, -0.2) is 4.79 Å². The van der Waals surface area contributed by atoms with Crippen LogP contribution in [0.25, 0.3) is 11.5 Å². The fraction of sp³-hybridized carbons (Fsp3) is 0.500. The Morgan fingerprint density at radius 1 is 1.46 bits per heavy atom. The number of aromatic nitrogens is 2. The zero-order chi connectivity index (χ0) is 18.7. The van der Waals surface area contributed by atoms with E-state index in [1.54, 1.807) is 17.0 Å². The Balaban J connectivity index is 1.68. The molecule has 1 saturated heterocycles. The molecule has 8 heteroatoms. The fourth-order valence-corrected chi connectivity index (χ4v) is 3.41. The maximum Gasteiger partial charge on any atom is 0.409 e. The van der Waals surface area contributed by atoms with Gasteiger partial charge in [-0.2, -0.15) is 4.98 Å². The Hall–Kier alpha value is -2.12. The fourth-order valence-electron chi connectivity index (χ4n) is 3.22. The van der Waals surface area contributed by atoms with E-state index in [4.69, 9.17) is 20.9 Å². The van der Waals surface area contributed by atoms with Gasteiger partial charge in [-0.05, 0) is 39.0 Å². The molecule has 2 atom stereocenters. The third-order valence-corrected chi connectivity index (χ3v) is 4.82. The highest BCUT2D eigenvalue weighted by Crippen LogP contribution is 2.26. The maximum absolute atomic E-state index is 11.9. The number of hydrogen-bond donors (Lipinski definition) is 0. The van der Waals surface area contributed by atoms with E-state index in [2.05, 4.69) is 22.0 Å². The molecule has 1 aromatic carbocycles. The number of hydrogen-bond acceptors (Lipinski definition) is 6. The standard InChI is InChI=1S/C18H23ClN4O3/c1-4-25-18(24)22-8-9-23(12(2)11-22)13(3)16-20-17(26-21-16)14-6-5-7-15(19)10-14/h5-7,10,12-13H,4,8-9,11H2,1-3H3/t12-,13?/m0/s1. The zero-order valence-corrected chi connectivity index (χ0v) is 15.9. The van der Waals surface area contributed by atoms with Crippen LogP contribution in [0.2, 0.25) is 5.02 Å². The monoisotopic (exact) mass is 378 g/mol. The van der Waals surface area contributed by atoms with Gasteiger partial charge in [0, 0.05) is 36.3 Å². The lowest BCUT2D eigenvalue weighted by Gasteiger charge is -2.41. The van der Waals surface area contributed by atoms with Crippen molar-refractivity contribution in [1.29, 1.82) is 0 Å². The Morgan fingerprint density at radius 2 is 2.27 bits per heavy atom. The lowest BCUT2D eigenvalue weighted by Crippen LogP contribution is -2.54. The molecular weight excluding hydrogens is 356 g/mol. The third kappa shape index (κ3) is 3.99. The third-order valence-electron chi connectivity index (χ3n) is 4.59. The summed E-state index contributed by atoms with van der Waals surface area (Å²) in [5, 5.41) is 4.76. The van der Waals surface area contributed by atoms with Crippen LogP contribution >= 0.6 is 11.6 Å². The second-order valence-corrected chi connectivity index (χ2v) is 6.81. The summed E-state index contributed by atoms with van der Waals surface area (Å²) >= 11 is 6.03. The molecule has 26 heavy (non-hydrogen) atoms. The van der Waals surface area contributed by atoms with Crippen molar-refractivity contribution in [3.05, 3.63) is 35.1 Å². The van der Waals surface area contributed by atoms with Crippen LogP contribution in [0.15, 0.2) is 28.8 Å². The van der Waals surface area contributed by atoms with Crippen LogP contribution in [0.5, 0.6) is 0 Å². The molecule has 1 fully saturated rings. The first kappa shape index (κ1) is 18.7. The Labute approximate surface area is 157 Å². The van der Waals surface area contributed by atoms with Crippen molar-refractivity contribution in [2.75, 3.05) is 26.2 Å². The predicted octanol–water partition coefficient (Wildman–Crippen LogP) is 3.61. The van der Waals surface area contributed by atoms with E-state index in [9.17, 15) is 4.79 Å². The largest absolute Gasteiger partial charge is 0.450 e. The van der Waals surface area contributed by atoms with Gasteiger partial charge in [0.25, 0.3) is 5.89 Å². The van der Waals surface area contributed by atoms with Gasteiger partial charge < -0.3 is 14.2 Å². The summed E-state index contributed by atoms with van der Waals surface area (Å²) in [5.41, 5.74) is 0.795. The molecule has 140 valence electrons. The van der Waals surface area contributed by atoms with Crippen molar-refractivity contribution in [3.63, 3.8) is 0 Å². The molecule has 0 aliphatic carbocycles. The van der Waals surface area contributed by atoms with Crippen molar-refractivity contribution < 1.29 is 14.1 Å². The van der Waals surface area contributed by atoms with Crippen LogP contribution in [0, 0.1) is 0 Å². The molecule has 2 aromatic rings. The molecule has 7 nitrogen and oxygen atoms in total. The minimum Gasteiger partial charge on any atom is -0.450 e. The predicted molar refractivity (Wildman–Crippen MR) is 97.9 cm³/mol. The number of carbonyl (C=O) groups is 1. The maximum atomic E-state index is 11.9. The van der Waals surface area contributed by atoms with Crippen molar-refractivity contribution in [2.45, 2.75) is 32.9 Å². The molecule has 1 amide bonds. The number of benzene rings is 1. The molecule has 1 unspecified atom stereocenters. The highest BCUT2D eigenvalue weighted by atomic mass is 35.5. The van der Waals surface area contributed by atoms with E-state index in [0.29, 0.717) is 36.4 Å². The number of piperazine rings is 1. The molecule has 0 saturated carbocycles. The van der Waals surface area contributed by atoms with Crippen LogP contribution in [-0.2, 0) is 4.74 Å². The molecule has 0 bridgehead atoms. The van der Waals surface area contributed by atoms with Crippen LogP contribution in [0.3, 0.4) is 0 Å². The summed E-state index contributed by atoms with van der Waals surface area (Å²) in [4.78, 5) is 20.5. The highest BCUT2D eigenvalue weighted by molar-refractivity contribution is 6.30. The molecule has 2 heterocycles. The first-order valence-corrected chi connectivity index (χ1v) is 9.14. The molecule has 3 rings (SSSR count). The number of carbonyl (C=O) groups excluding carboxylic acids is 1. The first-order chi connectivity index (χ1) is 12.5. The average Bonchev–Trinajstić information content (AvgIpc) is 3.11. The van der Waals surface area contributed by atoms with Crippen LogP contribution in [-0.4, -0.2) is 58.3 Å². The molecule has 0 N–H and O–H groups in total. The van der Waals surface area contributed by atoms with E-state index in [1.807, 2.05) is 26.0 Å². The Morgan fingerprint density at radius 3 is 2.96 bits per heavy atom. The van der Waals surface area contributed by atoms with Crippen LogP contribution < -0.4 is 0 Å². The quantitative estimate of drug-likeness (QED) is 0.809. The van der Waals surface area contributed by atoms with Gasteiger partial charge in [-0.1, -0.05) is 22.8 Å². The van der Waals surface area contributed by atoms with Crippen molar-refractivity contribution in [3.8, 4) is 11.5 Å². The van der Waals surface area contributed by atoms with Gasteiger partial charge in [0.15, 0.2) is 5.82 Å². The van der Waals surface area contributed by atoms with Crippen molar-refractivity contribution in [2.24, 2.45) is 0 Å². The summed E-state index contributed by atoms with van der Waals surface area (Å²) in [6.45, 7) is 8.28. The van der Waals surface area contributed by atoms with Gasteiger partial charge in [0.05, 0.1) is 12.6 Å². The minimum absolute atomic E-state index is 0.0222. The van der Waals surface area contributed by atoms with Crippen molar-refractivity contribution >= 4 is 17.7 Å². The van der Waals surface area contributed by atoms with E-state index in [1.165, 1.54) is 0 Å². The van der Waals surface area contributed by atoms with E-state index < -0.39 is 0 Å². The molecule has 1 aliphatic heterocycles. The van der Waals surface area contributed by atoms with Crippen LogP contribution in [0.1, 0.15) is 32.6 Å². The molecule has 0 radical (unpaired) electrons. The van der Waals surface area contributed by atoms with Gasteiger partial charge in [0.1, 0.15) is 0 Å². The molecule has 1 aliphatic rings.